The molecule has 0 amide bonds. The minimum atomic E-state index is -0.746. The van der Waals surface area contributed by atoms with E-state index in [0.717, 1.165) is 0 Å². The Morgan fingerprint density at radius 2 is 1.75 bits per heavy atom. The molecule has 0 aliphatic rings. The first-order valence-corrected chi connectivity index (χ1v) is 6.50. The molecule has 6 heteroatoms. The quantitative estimate of drug-likeness (QED) is 0.653. The Morgan fingerprint density at radius 1 is 1.10 bits per heavy atom. The normalized spacial score (nSPS) is 10.2. The van der Waals surface area contributed by atoms with Gasteiger partial charge < -0.3 is 10.2 Å². The predicted molar refractivity (Wildman–Crippen MR) is 78.6 cm³/mol. The summed E-state index contributed by atoms with van der Waals surface area (Å²) in [5.74, 6) is -0.746. The number of carbonyl (C=O) groups excluding carboxylic acids is 1. The van der Waals surface area contributed by atoms with Crippen molar-refractivity contribution in [1.29, 1.82) is 0 Å². The fraction of sp³-hybridized carbons (Fsp3) is 0.0714. The van der Waals surface area contributed by atoms with E-state index in [1.807, 2.05) is 0 Å². The molecular weight excluding hydrogens is 301 g/mol. The second-order valence-electron chi connectivity index (χ2n) is 4.02. The fourth-order valence-corrected chi connectivity index (χ4v) is 2.23. The lowest BCUT2D eigenvalue weighted by atomic mass is 10.1. The highest BCUT2D eigenvalue weighted by atomic mass is 35.5. The van der Waals surface area contributed by atoms with Crippen LogP contribution in [0.15, 0.2) is 42.5 Å². The zero-order valence-corrected chi connectivity index (χ0v) is 11.8. The average molecular weight is 312 g/mol. The Kier molecular flexibility index (Phi) is 4.84. The Morgan fingerprint density at radius 3 is 2.40 bits per heavy atom. The molecule has 20 heavy (non-hydrogen) atoms. The summed E-state index contributed by atoms with van der Waals surface area (Å²) in [6, 6.07) is 12.3. The lowest BCUT2D eigenvalue weighted by Gasteiger charge is -2.13. The molecule has 0 unspecified atom stereocenters. The average Bonchev–Trinajstić information content (AvgIpc) is 2.44. The van der Waals surface area contributed by atoms with Gasteiger partial charge in [-0.15, -0.1) is 0 Å². The number of anilines is 2. The van der Waals surface area contributed by atoms with Crippen LogP contribution < -0.4 is 5.32 Å². The van der Waals surface area contributed by atoms with Crippen molar-refractivity contribution in [1.82, 2.24) is 0 Å². The second-order valence-corrected chi connectivity index (χ2v) is 4.83. The van der Waals surface area contributed by atoms with Crippen molar-refractivity contribution in [2.75, 3.05) is 5.32 Å². The van der Waals surface area contributed by atoms with Gasteiger partial charge in [-0.05, 0) is 23.8 Å². The van der Waals surface area contributed by atoms with E-state index < -0.39 is 5.97 Å². The Hall–Kier alpha value is -1.75. The molecule has 0 heterocycles. The Bertz CT molecular complexity index is 611. The van der Waals surface area contributed by atoms with Gasteiger partial charge in [0.2, 0.25) is 0 Å². The number of halogens is 2. The summed E-state index contributed by atoms with van der Waals surface area (Å²) < 4.78 is 0. The van der Waals surface area contributed by atoms with E-state index in [9.17, 15) is 4.79 Å². The summed E-state index contributed by atoms with van der Waals surface area (Å²) >= 11 is 12.2. The number of para-hydroxylation sites is 2. The van der Waals surface area contributed by atoms with Crippen LogP contribution in [0.5, 0.6) is 0 Å². The van der Waals surface area contributed by atoms with E-state index in [2.05, 4.69) is 10.2 Å². The zero-order valence-electron chi connectivity index (χ0n) is 10.3. The Labute approximate surface area is 125 Å². The summed E-state index contributed by atoms with van der Waals surface area (Å²) in [6.07, 6.45) is -0.0677. The highest BCUT2D eigenvalue weighted by molar-refractivity contribution is 6.39. The molecule has 2 rings (SSSR count). The molecule has 0 spiro atoms. The van der Waals surface area contributed by atoms with Gasteiger partial charge in [0.1, 0.15) is 0 Å². The van der Waals surface area contributed by atoms with Gasteiger partial charge in [-0.1, -0.05) is 47.5 Å². The topological polar surface area (TPSA) is 58.6 Å². The highest BCUT2D eigenvalue weighted by Gasteiger charge is 2.11. The van der Waals surface area contributed by atoms with Crippen molar-refractivity contribution < 1.29 is 14.9 Å². The maximum absolute atomic E-state index is 11.2. The molecular formula is C14H11Cl2NO3. The highest BCUT2D eigenvalue weighted by Crippen LogP contribution is 2.33. The van der Waals surface area contributed by atoms with Crippen LogP contribution >= 0.6 is 23.2 Å². The van der Waals surface area contributed by atoms with Crippen molar-refractivity contribution in [3.63, 3.8) is 0 Å². The molecule has 4 nitrogen and oxygen atoms in total. The van der Waals surface area contributed by atoms with Gasteiger partial charge in [-0.25, -0.2) is 4.79 Å². The lowest BCUT2D eigenvalue weighted by Crippen LogP contribution is -2.07. The summed E-state index contributed by atoms with van der Waals surface area (Å²) in [4.78, 5) is 14.9. The number of hydrogen-bond donors (Lipinski definition) is 2. The van der Waals surface area contributed by atoms with E-state index in [0.29, 0.717) is 27.0 Å². The number of hydrogen-bond acceptors (Lipinski definition) is 4. The molecule has 2 N–H and O–H groups in total. The number of carbonyl (C=O) groups is 1. The molecule has 0 radical (unpaired) electrons. The van der Waals surface area contributed by atoms with Crippen LogP contribution in [0.25, 0.3) is 0 Å². The maximum Gasteiger partial charge on any atom is 0.346 e. The smallest absolute Gasteiger partial charge is 0.346 e. The van der Waals surface area contributed by atoms with Crippen LogP contribution in [0.3, 0.4) is 0 Å². The first kappa shape index (κ1) is 14.7. The zero-order chi connectivity index (χ0) is 14.5. The van der Waals surface area contributed by atoms with Gasteiger partial charge in [-0.2, -0.15) is 5.26 Å². The molecule has 0 aliphatic carbocycles. The second kappa shape index (κ2) is 6.61. The van der Waals surface area contributed by atoms with E-state index in [1.165, 1.54) is 0 Å². The van der Waals surface area contributed by atoms with Crippen LogP contribution in [0.4, 0.5) is 11.4 Å². The minimum absolute atomic E-state index is 0.0677. The van der Waals surface area contributed by atoms with Gasteiger partial charge in [0, 0.05) is 5.69 Å². The monoisotopic (exact) mass is 311 g/mol. The molecule has 0 saturated carbocycles. The summed E-state index contributed by atoms with van der Waals surface area (Å²) in [7, 11) is 0. The molecule has 2 aromatic carbocycles. The van der Waals surface area contributed by atoms with Gasteiger partial charge in [0.25, 0.3) is 0 Å². The van der Waals surface area contributed by atoms with Gasteiger partial charge in [0.05, 0.1) is 22.2 Å². The molecule has 0 atom stereocenters. The van der Waals surface area contributed by atoms with Crippen molar-refractivity contribution >= 4 is 40.5 Å². The minimum Gasteiger partial charge on any atom is -0.353 e. The fourth-order valence-electron chi connectivity index (χ4n) is 1.74. The summed E-state index contributed by atoms with van der Waals surface area (Å²) in [6.45, 7) is 0. The van der Waals surface area contributed by atoms with Crippen LogP contribution in [0.1, 0.15) is 5.56 Å². The Balaban J connectivity index is 2.32. The van der Waals surface area contributed by atoms with Gasteiger partial charge >= 0.3 is 5.97 Å². The largest absolute Gasteiger partial charge is 0.353 e. The maximum atomic E-state index is 11.2. The van der Waals surface area contributed by atoms with Crippen molar-refractivity contribution in [2.45, 2.75) is 6.42 Å². The SMILES string of the molecule is O=C(Cc1ccccc1Nc1c(Cl)cccc1Cl)OO. The molecule has 0 fully saturated rings. The molecule has 0 saturated heterocycles. The van der Waals surface area contributed by atoms with E-state index >= 15 is 0 Å². The molecule has 0 aliphatic heterocycles. The number of nitrogens with one attached hydrogen (secondary N) is 1. The number of rotatable bonds is 4. The molecule has 0 aromatic heterocycles. The van der Waals surface area contributed by atoms with Crippen molar-refractivity contribution in [3.8, 4) is 0 Å². The standard InChI is InChI=1S/C14H11Cl2NO3/c15-10-5-3-6-11(16)14(10)17-12-7-2-1-4-9(12)8-13(18)20-19/h1-7,17,19H,8H2. The van der Waals surface area contributed by atoms with Crippen LogP contribution in [0, 0.1) is 0 Å². The van der Waals surface area contributed by atoms with Gasteiger partial charge in [-0.3, -0.25) is 0 Å². The predicted octanol–water partition coefficient (Wildman–Crippen LogP) is 4.30. The molecule has 2 aromatic rings. The van der Waals surface area contributed by atoms with Crippen molar-refractivity contribution in [3.05, 3.63) is 58.1 Å². The third-order valence-electron chi connectivity index (χ3n) is 2.68. The van der Waals surface area contributed by atoms with Gasteiger partial charge in [0.15, 0.2) is 0 Å². The molecule has 104 valence electrons. The van der Waals surface area contributed by atoms with E-state index in [-0.39, 0.29) is 6.42 Å². The number of benzene rings is 2. The van der Waals surface area contributed by atoms with E-state index in [1.54, 1.807) is 42.5 Å². The van der Waals surface area contributed by atoms with Crippen LogP contribution in [-0.2, 0) is 16.1 Å². The first-order chi connectivity index (χ1) is 9.61. The molecule has 0 bridgehead atoms. The van der Waals surface area contributed by atoms with E-state index in [4.69, 9.17) is 28.5 Å². The van der Waals surface area contributed by atoms with Crippen molar-refractivity contribution in [2.24, 2.45) is 0 Å². The first-order valence-electron chi connectivity index (χ1n) is 5.75. The summed E-state index contributed by atoms with van der Waals surface area (Å²) in [5.41, 5.74) is 1.87. The lowest BCUT2D eigenvalue weighted by molar-refractivity contribution is -0.233. The summed E-state index contributed by atoms with van der Waals surface area (Å²) in [5, 5.41) is 12.4. The third-order valence-corrected chi connectivity index (χ3v) is 3.31. The van der Waals surface area contributed by atoms with Crippen LogP contribution in [-0.4, -0.2) is 11.2 Å². The third kappa shape index (κ3) is 3.42. The van der Waals surface area contributed by atoms with Crippen LogP contribution in [0.2, 0.25) is 10.0 Å².